The summed E-state index contributed by atoms with van der Waals surface area (Å²) in [6.45, 7) is 7.56. The summed E-state index contributed by atoms with van der Waals surface area (Å²) in [6.07, 6.45) is 0.184. The normalized spacial score (nSPS) is 15.8. The van der Waals surface area contributed by atoms with Gasteiger partial charge in [0, 0.05) is 19.2 Å². The Labute approximate surface area is 228 Å². The predicted octanol–water partition coefficient (Wildman–Crippen LogP) is 3.39. The lowest BCUT2D eigenvalue weighted by Crippen LogP contribution is -2.38. The summed E-state index contributed by atoms with van der Waals surface area (Å²) in [5.41, 5.74) is 7.16. The molecule has 0 amide bonds. The minimum Gasteiger partial charge on any atom is -0.465 e. The number of aliphatic hydroxyl groups excluding tert-OH is 1. The van der Waals surface area contributed by atoms with Gasteiger partial charge < -0.3 is 24.8 Å². The molecule has 0 aliphatic carbocycles. The van der Waals surface area contributed by atoms with Crippen LogP contribution in [0.3, 0.4) is 0 Å². The largest absolute Gasteiger partial charge is 0.465 e. The number of nitrogens with one attached hydrogen (secondary N) is 1. The number of hydrogen-bond donors (Lipinski definition) is 3. The summed E-state index contributed by atoms with van der Waals surface area (Å²) in [7, 11) is -2.72. The highest BCUT2D eigenvalue weighted by Gasteiger charge is 2.34. The lowest BCUT2D eigenvalue weighted by molar-refractivity contribution is -0.146. The van der Waals surface area contributed by atoms with Crippen LogP contribution in [0.5, 0.6) is 5.75 Å². The van der Waals surface area contributed by atoms with Crippen molar-refractivity contribution in [1.82, 2.24) is 19.7 Å². The third-order valence-electron chi connectivity index (χ3n) is 5.89. The summed E-state index contributed by atoms with van der Waals surface area (Å²) < 4.78 is 37.5. The van der Waals surface area contributed by atoms with Crippen molar-refractivity contribution >= 4 is 25.1 Å². The minimum atomic E-state index is -4.12. The van der Waals surface area contributed by atoms with Gasteiger partial charge in [-0.3, -0.25) is 9.32 Å². The molecule has 214 valence electrons. The minimum absolute atomic E-state index is 0.00547. The topological polar surface area (TPSA) is 160 Å². The lowest BCUT2D eigenvalue weighted by Gasteiger charge is -2.26. The Morgan fingerprint density at radius 2 is 1.92 bits per heavy atom. The molecular formula is C26H38N5O7P. The summed E-state index contributed by atoms with van der Waals surface area (Å²) in [5.74, 6) is -0.00833. The molecule has 1 unspecified atom stereocenters. The Hall–Kier alpha value is -3.02. The second-order valence-corrected chi connectivity index (χ2v) is 12.0. The van der Waals surface area contributed by atoms with Gasteiger partial charge in [0.25, 0.3) is 0 Å². The molecule has 3 aromatic rings. The average Bonchev–Trinajstić information content (AvgIpc) is 3.28. The molecule has 1 aromatic carbocycles. The number of fused-ring (bicyclic) bond motifs is 1. The number of aliphatic hydroxyl groups is 1. The van der Waals surface area contributed by atoms with Crippen molar-refractivity contribution in [2.45, 2.75) is 58.8 Å². The second kappa shape index (κ2) is 13.4. The van der Waals surface area contributed by atoms with E-state index in [0.717, 1.165) is 0 Å². The van der Waals surface area contributed by atoms with Gasteiger partial charge >= 0.3 is 13.7 Å². The molecule has 0 bridgehead atoms. The Morgan fingerprint density at radius 3 is 2.59 bits per heavy atom. The van der Waals surface area contributed by atoms with Gasteiger partial charge in [0.1, 0.15) is 29.7 Å². The van der Waals surface area contributed by atoms with E-state index in [0.29, 0.717) is 23.4 Å². The molecule has 0 aliphatic heterocycles. The van der Waals surface area contributed by atoms with E-state index in [4.69, 9.17) is 24.3 Å². The fourth-order valence-corrected chi connectivity index (χ4v) is 5.10. The number of esters is 1. The number of nitrogen functional groups attached to an aromatic ring is 1. The number of carbonyl (C=O) groups is 1. The van der Waals surface area contributed by atoms with Crippen LogP contribution in [0.4, 0.5) is 5.82 Å². The lowest BCUT2D eigenvalue weighted by atomic mass is 9.93. The number of benzene rings is 1. The molecule has 13 heteroatoms. The number of rotatable bonds is 14. The summed E-state index contributed by atoms with van der Waals surface area (Å²) >= 11 is 0. The molecule has 4 N–H and O–H groups in total. The van der Waals surface area contributed by atoms with Crippen LogP contribution in [0.15, 0.2) is 48.8 Å². The number of carbonyl (C=O) groups excluding carboxylic acids is 1. The third kappa shape index (κ3) is 9.01. The summed E-state index contributed by atoms with van der Waals surface area (Å²) in [6, 6.07) is 11.0. The maximum atomic E-state index is 13.8. The Morgan fingerprint density at radius 1 is 1.21 bits per heavy atom. The smallest absolute Gasteiger partial charge is 0.459 e. The maximum absolute atomic E-state index is 13.8. The first-order chi connectivity index (χ1) is 18.4. The van der Waals surface area contributed by atoms with Crippen molar-refractivity contribution < 1.29 is 33.0 Å². The molecular weight excluding hydrogens is 525 g/mol. The molecule has 0 radical (unpaired) electrons. The monoisotopic (exact) mass is 563 g/mol. The SMILES string of the molecule is CO[C@H](COP(=O)(N[C@@H](C)C(=O)OCCC(C)(C)C)Oc1ccccc1)[C@@H](O)Cc1ccc2c(N)ncnn12. The second-order valence-electron chi connectivity index (χ2n) is 10.3. The van der Waals surface area contributed by atoms with E-state index in [1.54, 1.807) is 47.0 Å². The molecule has 0 aliphatic rings. The number of ether oxygens (including phenoxy) is 2. The molecule has 2 heterocycles. The number of nitrogens with two attached hydrogens (primary N) is 1. The molecule has 0 spiro atoms. The average molecular weight is 564 g/mol. The van der Waals surface area contributed by atoms with E-state index < -0.39 is 32.0 Å². The van der Waals surface area contributed by atoms with E-state index in [2.05, 4.69) is 15.2 Å². The first-order valence-electron chi connectivity index (χ1n) is 12.6. The number of nitrogens with zero attached hydrogens (tertiary/aromatic N) is 3. The Bertz CT molecular complexity index is 1260. The van der Waals surface area contributed by atoms with Crippen molar-refractivity contribution in [3.8, 4) is 5.75 Å². The number of anilines is 1. The van der Waals surface area contributed by atoms with Gasteiger partial charge in [-0.25, -0.2) is 14.1 Å². The summed E-state index contributed by atoms with van der Waals surface area (Å²) in [5, 5.41) is 17.7. The van der Waals surface area contributed by atoms with Gasteiger partial charge in [-0.2, -0.15) is 10.2 Å². The highest BCUT2D eigenvalue weighted by molar-refractivity contribution is 7.52. The fourth-order valence-electron chi connectivity index (χ4n) is 3.60. The summed E-state index contributed by atoms with van der Waals surface area (Å²) in [4.78, 5) is 16.5. The van der Waals surface area contributed by atoms with Gasteiger partial charge in [-0.15, -0.1) is 0 Å². The van der Waals surface area contributed by atoms with Crippen molar-refractivity contribution in [2.24, 2.45) is 5.41 Å². The molecule has 39 heavy (non-hydrogen) atoms. The van der Waals surface area contributed by atoms with Crippen LogP contribution >= 0.6 is 7.75 Å². The zero-order valence-corrected chi connectivity index (χ0v) is 23.8. The van der Waals surface area contributed by atoms with E-state index in [-0.39, 0.29) is 30.8 Å². The molecule has 3 rings (SSSR count). The number of aromatic nitrogens is 3. The molecule has 0 fully saturated rings. The van der Waals surface area contributed by atoms with Gasteiger partial charge in [0.2, 0.25) is 0 Å². The third-order valence-corrected chi connectivity index (χ3v) is 7.53. The van der Waals surface area contributed by atoms with Crippen LogP contribution in [-0.4, -0.2) is 64.2 Å². The van der Waals surface area contributed by atoms with Gasteiger partial charge in [-0.05, 0) is 43.0 Å². The van der Waals surface area contributed by atoms with Crippen LogP contribution in [-0.2, 0) is 29.8 Å². The maximum Gasteiger partial charge on any atom is 0.459 e. The zero-order valence-electron chi connectivity index (χ0n) is 22.9. The number of para-hydroxylation sites is 1. The standard InChI is InChI=1S/C26H38N5O7P/c1-18(25(33)36-14-13-26(2,3)4)30-39(34,38-20-9-7-6-8-10-20)37-16-23(35-5)22(32)15-19-11-12-21-24(27)28-17-29-31(19)21/h6-12,17-18,22-23,32H,13-16H2,1-5H3,(H,30,34)(H2,27,28,29)/t18-,22-,23+,39?/m0/s1. The molecule has 2 aromatic heterocycles. The molecule has 12 nitrogen and oxygen atoms in total. The van der Waals surface area contributed by atoms with Gasteiger partial charge in [0.15, 0.2) is 5.82 Å². The van der Waals surface area contributed by atoms with Crippen molar-refractivity contribution in [2.75, 3.05) is 26.1 Å². The van der Waals surface area contributed by atoms with Crippen molar-refractivity contribution in [3.05, 3.63) is 54.5 Å². The Kier molecular flexibility index (Phi) is 10.5. The van der Waals surface area contributed by atoms with Crippen LogP contribution in [0.1, 0.15) is 39.8 Å². The number of methoxy groups -OCH3 is 1. The van der Waals surface area contributed by atoms with Gasteiger partial charge in [0.05, 0.1) is 19.3 Å². The van der Waals surface area contributed by atoms with E-state index in [1.807, 2.05) is 20.8 Å². The van der Waals surface area contributed by atoms with Crippen LogP contribution < -0.4 is 15.3 Å². The van der Waals surface area contributed by atoms with Crippen molar-refractivity contribution in [3.63, 3.8) is 0 Å². The van der Waals surface area contributed by atoms with Crippen LogP contribution in [0, 0.1) is 5.41 Å². The van der Waals surface area contributed by atoms with E-state index >= 15 is 0 Å². The highest BCUT2D eigenvalue weighted by Crippen LogP contribution is 2.45. The zero-order chi connectivity index (χ0) is 28.6. The predicted molar refractivity (Wildman–Crippen MR) is 146 cm³/mol. The first kappa shape index (κ1) is 30.5. The van der Waals surface area contributed by atoms with E-state index in [1.165, 1.54) is 20.4 Å². The van der Waals surface area contributed by atoms with E-state index in [9.17, 15) is 14.5 Å². The quantitative estimate of drug-likeness (QED) is 0.195. The van der Waals surface area contributed by atoms with Crippen LogP contribution in [0.25, 0.3) is 5.52 Å². The highest BCUT2D eigenvalue weighted by atomic mass is 31.2. The van der Waals surface area contributed by atoms with Gasteiger partial charge in [-0.1, -0.05) is 39.0 Å². The van der Waals surface area contributed by atoms with Crippen LogP contribution in [0.2, 0.25) is 0 Å². The molecule has 4 atom stereocenters. The molecule has 0 saturated carbocycles. The first-order valence-corrected chi connectivity index (χ1v) is 14.2. The fraction of sp³-hybridized carbons (Fsp3) is 0.500. The Balaban J connectivity index is 1.68. The molecule has 0 saturated heterocycles. The van der Waals surface area contributed by atoms with Crippen molar-refractivity contribution in [1.29, 1.82) is 0 Å². The number of hydrogen-bond acceptors (Lipinski definition) is 10.